The molecule has 0 saturated heterocycles. The van der Waals surface area contributed by atoms with Crippen LogP contribution in [0.25, 0.3) is 0 Å². The van der Waals surface area contributed by atoms with Crippen LogP contribution in [0, 0.1) is 0 Å². The first-order valence-electron chi connectivity index (χ1n) is 7.41. The number of nitrogens with two attached hydrogens (primary N) is 3. The zero-order valence-electron chi connectivity index (χ0n) is 13.2. The summed E-state index contributed by atoms with van der Waals surface area (Å²) in [4.78, 5) is 46.0. The lowest BCUT2D eigenvalue weighted by molar-refractivity contribution is -0.143. The number of carboxylic acids is 1. The van der Waals surface area contributed by atoms with Crippen LogP contribution < -0.4 is 27.8 Å². The van der Waals surface area contributed by atoms with Gasteiger partial charge in [-0.15, -0.1) is 0 Å². The molecule has 0 radical (unpaired) electrons. The maximum Gasteiger partial charge on any atom is 0.326 e. The molecule has 10 nitrogen and oxygen atoms in total. The van der Waals surface area contributed by atoms with Crippen molar-refractivity contribution >= 4 is 36.3 Å². The molecule has 0 aromatic heterocycles. The summed E-state index contributed by atoms with van der Waals surface area (Å²) in [5, 5.41) is 13.7. The van der Waals surface area contributed by atoms with Crippen LogP contribution in [0.3, 0.4) is 0 Å². The molecule has 0 aliphatic rings. The number of primary amides is 1. The maximum atomic E-state index is 12.2. The van der Waals surface area contributed by atoms with Crippen molar-refractivity contribution in [1.82, 2.24) is 10.6 Å². The Morgan fingerprint density at radius 2 is 1.62 bits per heavy atom. The van der Waals surface area contributed by atoms with E-state index >= 15 is 0 Å². The molecule has 138 valence electrons. The van der Waals surface area contributed by atoms with Gasteiger partial charge in [0.2, 0.25) is 17.7 Å². The van der Waals surface area contributed by atoms with Crippen molar-refractivity contribution in [3.63, 3.8) is 0 Å². The number of amides is 3. The van der Waals surface area contributed by atoms with Gasteiger partial charge in [-0.3, -0.25) is 14.4 Å². The highest BCUT2D eigenvalue weighted by atomic mass is 32.1. The molecule has 9 N–H and O–H groups in total. The normalized spacial score (nSPS) is 14.3. The largest absolute Gasteiger partial charge is 0.480 e. The number of nitrogens with one attached hydrogen (secondary N) is 2. The Kier molecular flexibility index (Phi) is 10.8. The van der Waals surface area contributed by atoms with Crippen LogP contribution in [0.5, 0.6) is 0 Å². The summed E-state index contributed by atoms with van der Waals surface area (Å²) in [6.07, 6.45) is 0.859. The first kappa shape index (κ1) is 22.1. The van der Waals surface area contributed by atoms with Crippen molar-refractivity contribution < 1.29 is 24.3 Å². The molecule has 0 aromatic carbocycles. The Hall–Kier alpha value is -1.85. The van der Waals surface area contributed by atoms with E-state index in [4.69, 9.17) is 22.3 Å². The number of carbonyl (C=O) groups excluding carboxylic acids is 3. The Morgan fingerprint density at radius 3 is 2.08 bits per heavy atom. The summed E-state index contributed by atoms with van der Waals surface area (Å²) in [5.74, 6) is -3.51. The van der Waals surface area contributed by atoms with Gasteiger partial charge in [-0.2, -0.15) is 12.6 Å². The molecule has 0 aromatic rings. The molecule has 3 unspecified atom stereocenters. The van der Waals surface area contributed by atoms with Gasteiger partial charge in [0.25, 0.3) is 0 Å². The monoisotopic (exact) mass is 363 g/mol. The molecule has 0 bridgehead atoms. The fourth-order valence-electron chi connectivity index (χ4n) is 1.80. The van der Waals surface area contributed by atoms with Crippen LogP contribution >= 0.6 is 12.6 Å². The quantitative estimate of drug-likeness (QED) is 0.145. The highest BCUT2D eigenvalue weighted by Gasteiger charge is 2.28. The zero-order chi connectivity index (χ0) is 18.7. The van der Waals surface area contributed by atoms with Crippen molar-refractivity contribution in [2.24, 2.45) is 17.2 Å². The van der Waals surface area contributed by atoms with Crippen molar-refractivity contribution in [1.29, 1.82) is 0 Å². The molecule has 0 aliphatic heterocycles. The number of thiol groups is 1. The molecular weight excluding hydrogens is 338 g/mol. The second kappa shape index (κ2) is 11.6. The molecule has 0 spiro atoms. The molecule has 3 amide bonds. The number of carbonyl (C=O) groups is 4. The lowest BCUT2D eigenvalue weighted by Gasteiger charge is -2.22. The summed E-state index contributed by atoms with van der Waals surface area (Å²) in [7, 11) is 0. The van der Waals surface area contributed by atoms with Crippen molar-refractivity contribution in [2.75, 3.05) is 12.3 Å². The van der Waals surface area contributed by atoms with E-state index in [1.807, 2.05) is 0 Å². The molecule has 3 atom stereocenters. The molecule has 24 heavy (non-hydrogen) atoms. The van der Waals surface area contributed by atoms with E-state index in [2.05, 4.69) is 23.3 Å². The van der Waals surface area contributed by atoms with Gasteiger partial charge in [0.1, 0.15) is 12.1 Å². The maximum absolute atomic E-state index is 12.2. The smallest absolute Gasteiger partial charge is 0.326 e. The minimum absolute atomic E-state index is 0.0857. The van der Waals surface area contributed by atoms with Gasteiger partial charge in [0, 0.05) is 5.75 Å². The summed E-state index contributed by atoms with van der Waals surface area (Å²) >= 11 is 3.90. The number of rotatable bonds is 12. The number of carboxylic acid groups (broad SMARTS) is 1. The third kappa shape index (κ3) is 8.70. The van der Waals surface area contributed by atoms with Crippen LogP contribution in [0.15, 0.2) is 0 Å². The van der Waals surface area contributed by atoms with E-state index < -0.39 is 48.2 Å². The van der Waals surface area contributed by atoms with Gasteiger partial charge in [-0.1, -0.05) is 0 Å². The molecule has 11 heteroatoms. The predicted octanol–water partition coefficient (Wildman–Crippen LogP) is -2.70. The number of unbranched alkanes of at least 4 members (excludes halogenated alkanes) is 1. The Balaban J connectivity index is 4.95. The first-order valence-corrected chi connectivity index (χ1v) is 8.04. The standard InChI is InChI=1S/C13H25N5O5S/c14-4-2-1-3-8(17-11(20)7(15)6-24)12(21)18-9(13(22)23)5-10(16)19/h7-9,24H,1-6,14-15H2,(H2,16,19)(H,17,20)(H,18,21)(H,22,23). The van der Waals surface area contributed by atoms with Crippen LogP contribution in [-0.2, 0) is 19.2 Å². The Bertz CT molecular complexity index is 462. The zero-order valence-corrected chi connectivity index (χ0v) is 14.1. The Labute approximate surface area is 145 Å². The highest BCUT2D eigenvalue weighted by Crippen LogP contribution is 2.03. The van der Waals surface area contributed by atoms with E-state index in [1.165, 1.54) is 0 Å². The lowest BCUT2D eigenvalue weighted by atomic mass is 10.1. The molecule has 0 heterocycles. The van der Waals surface area contributed by atoms with E-state index in [0.717, 1.165) is 0 Å². The van der Waals surface area contributed by atoms with Crippen molar-refractivity contribution in [3.8, 4) is 0 Å². The summed E-state index contributed by atoms with van der Waals surface area (Å²) in [6, 6.07) is -3.37. The molecule has 0 aliphatic carbocycles. The van der Waals surface area contributed by atoms with Gasteiger partial charge in [0.05, 0.1) is 12.5 Å². The second-order valence-electron chi connectivity index (χ2n) is 5.20. The number of hydrogen-bond donors (Lipinski definition) is 7. The summed E-state index contributed by atoms with van der Waals surface area (Å²) < 4.78 is 0. The van der Waals surface area contributed by atoms with Gasteiger partial charge in [-0.05, 0) is 25.8 Å². The van der Waals surface area contributed by atoms with Gasteiger partial charge >= 0.3 is 5.97 Å². The molecule has 0 fully saturated rings. The number of aliphatic carboxylic acids is 1. The predicted molar refractivity (Wildman–Crippen MR) is 90.0 cm³/mol. The van der Waals surface area contributed by atoms with Crippen LogP contribution in [0.1, 0.15) is 25.7 Å². The minimum atomic E-state index is -1.47. The first-order chi connectivity index (χ1) is 11.2. The van der Waals surface area contributed by atoms with Crippen LogP contribution in [0.4, 0.5) is 0 Å². The van der Waals surface area contributed by atoms with E-state index in [9.17, 15) is 19.2 Å². The second-order valence-corrected chi connectivity index (χ2v) is 5.57. The Morgan fingerprint density at radius 1 is 1.04 bits per heavy atom. The third-order valence-corrected chi connectivity index (χ3v) is 3.53. The van der Waals surface area contributed by atoms with Gasteiger partial charge < -0.3 is 32.9 Å². The van der Waals surface area contributed by atoms with Crippen LogP contribution in [-0.4, -0.2) is 59.2 Å². The number of hydrogen-bond acceptors (Lipinski definition) is 7. The topological polar surface area (TPSA) is 191 Å². The molecule has 0 rings (SSSR count). The van der Waals surface area contributed by atoms with Crippen molar-refractivity contribution in [2.45, 2.75) is 43.8 Å². The van der Waals surface area contributed by atoms with Crippen molar-refractivity contribution in [3.05, 3.63) is 0 Å². The third-order valence-electron chi connectivity index (χ3n) is 3.13. The average Bonchev–Trinajstić information content (AvgIpc) is 2.51. The minimum Gasteiger partial charge on any atom is -0.480 e. The van der Waals surface area contributed by atoms with E-state index in [1.54, 1.807) is 0 Å². The molecule has 0 saturated carbocycles. The van der Waals surface area contributed by atoms with E-state index in [0.29, 0.717) is 19.4 Å². The van der Waals surface area contributed by atoms with E-state index in [-0.39, 0.29) is 12.2 Å². The summed E-state index contributed by atoms with van der Waals surface area (Å²) in [6.45, 7) is 0.415. The average molecular weight is 363 g/mol. The van der Waals surface area contributed by atoms with Gasteiger partial charge in [-0.25, -0.2) is 4.79 Å². The molecular formula is C13H25N5O5S. The van der Waals surface area contributed by atoms with Gasteiger partial charge in [0.15, 0.2) is 0 Å². The SMILES string of the molecule is NCCCCC(NC(=O)C(N)CS)C(=O)NC(CC(N)=O)C(=O)O. The summed E-state index contributed by atoms with van der Waals surface area (Å²) in [5.41, 5.74) is 15.9. The fourth-order valence-corrected chi connectivity index (χ4v) is 1.96. The lowest BCUT2D eigenvalue weighted by Crippen LogP contribution is -2.55. The fraction of sp³-hybridized carbons (Fsp3) is 0.692. The highest BCUT2D eigenvalue weighted by molar-refractivity contribution is 7.80. The van der Waals surface area contributed by atoms with Crippen LogP contribution in [0.2, 0.25) is 0 Å².